The second-order valence-corrected chi connectivity index (χ2v) is 5.73. The van der Waals surface area contributed by atoms with Gasteiger partial charge in [0.25, 0.3) is 0 Å². The molecule has 0 spiro atoms. The van der Waals surface area contributed by atoms with E-state index in [-0.39, 0.29) is 0 Å². The summed E-state index contributed by atoms with van der Waals surface area (Å²) in [6.45, 7) is 2.11. The number of rotatable bonds is 3. The fraction of sp³-hybridized carbons (Fsp3) is 0.118. The van der Waals surface area contributed by atoms with Crippen LogP contribution in [0.15, 0.2) is 42.6 Å². The van der Waals surface area contributed by atoms with Crippen LogP contribution >= 0.6 is 23.2 Å². The topological polar surface area (TPSA) is 48.1 Å². The van der Waals surface area contributed by atoms with Gasteiger partial charge < -0.3 is 10.5 Å². The second kappa shape index (κ2) is 6.03. The molecule has 0 fully saturated rings. The third kappa shape index (κ3) is 2.82. The van der Waals surface area contributed by atoms with E-state index >= 15 is 0 Å². The molecular weight excluding hydrogens is 319 g/mol. The van der Waals surface area contributed by atoms with Gasteiger partial charge in [0.15, 0.2) is 5.75 Å². The molecule has 0 aliphatic carbocycles. The van der Waals surface area contributed by atoms with Crippen molar-refractivity contribution in [3.8, 4) is 11.5 Å². The standard InChI is InChI=1S/C17H14Cl2N2O/c1-2-10-5-6-21-16-4-3-12(9-13(10)16)22-17-14(18)7-11(20)8-15(17)19/h3-9H,2,20H2,1H3. The Labute approximate surface area is 138 Å². The number of hydrogen-bond donors (Lipinski definition) is 1. The zero-order valence-corrected chi connectivity index (χ0v) is 13.4. The van der Waals surface area contributed by atoms with Crippen LogP contribution in [0.2, 0.25) is 10.0 Å². The summed E-state index contributed by atoms with van der Waals surface area (Å²) >= 11 is 12.3. The molecule has 0 amide bonds. The first-order chi connectivity index (χ1) is 10.6. The maximum absolute atomic E-state index is 6.16. The average Bonchev–Trinajstić information content (AvgIpc) is 2.50. The van der Waals surface area contributed by atoms with Gasteiger partial charge >= 0.3 is 0 Å². The Morgan fingerprint density at radius 3 is 2.50 bits per heavy atom. The van der Waals surface area contributed by atoms with Gasteiger partial charge in [-0.1, -0.05) is 30.1 Å². The second-order valence-electron chi connectivity index (χ2n) is 4.92. The number of hydrogen-bond acceptors (Lipinski definition) is 3. The van der Waals surface area contributed by atoms with Gasteiger partial charge in [-0.2, -0.15) is 0 Å². The van der Waals surface area contributed by atoms with Crippen molar-refractivity contribution < 1.29 is 4.74 Å². The number of aromatic nitrogens is 1. The van der Waals surface area contributed by atoms with Gasteiger partial charge in [-0.25, -0.2) is 0 Å². The minimum absolute atomic E-state index is 0.381. The molecule has 3 rings (SSSR count). The van der Waals surface area contributed by atoms with Gasteiger partial charge in [0.1, 0.15) is 5.75 Å². The van der Waals surface area contributed by atoms with Crippen LogP contribution in [0.4, 0.5) is 5.69 Å². The van der Waals surface area contributed by atoms with E-state index in [1.165, 1.54) is 5.56 Å². The van der Waals surface area contributed by atoms with E-state index in [2.05, 4.69) is 11.9 Å². The van der Waals surface area contributed by atoms with Crippen LogP contribution in [-0.2, 0) is 6.42 Å². The molecule has 112 valence electrons. The summed E-state index contributed by atoms with van der Waals surface area (Å²) < 4.78 is 5.86. The van der Waals surface area contributed by atoms with Gasteiger partial charge in [0.05, 0.1) is 15.6 Å². The molecule has 0 bridgehead atoms. The molecule has 0 aliphatic rings. The van der Waals surface area contributed by atoms with Crippen molar-refractivity contribution >= 4 is 39.8 Å². The summed E-state index contributed by atoms with van der Waals surface area (Å²) in [6.07, 6.45) is 2.74. The van der Waals surface area contributed by atoms with E-state index < -0.39 is 0 Å². The van der Waals surface area contributed by atoms with E-state index in [4.69, 9.17) is 33.7 Å². The number of nitrogen functional groups attached to an aromatic ring is 1. The first-order valence-corrected chi connectivity index (χ1v) is 7.64. The summed E-state index contributed by atoms with van der Waals surface area (Å²) in [6, 6.07) is 11.0. The maximum Gasteiger partial charge on any atom is 0.164 e. The van der Waals surface area contributed by atoms with Crippen LogP contribution in [-0.4, -0.2) is 4.98 Å². The molecule has 0 saturated carbocycles. The molecule has 0 radical (unpaired) electrons. The van der Waals surface area contributed by atoms with Gasteiger partial charge in [-0.05, 0) is 48.4 Å². The highest BCUT2D eigenvalue weighted by molar-refractivity contribution is 6.37. The van der Waals surface area contributed by atoms with Crippen molar-refractivity contribution in [3.63, 3.8) is 0 Å². The van der Waals surface area contributed by atoms with Crippen LogP contribution in [0.3, 0.4) is 0 Å². The molecule has 3 aromatic rings. The molecule has 1 aromatic heterocycles. The number of pyridine rings is 1. The normalized spacial score (nSPS) is 10.9. The number of halogens is 2. The zero-order valence-electron chi connectivity index (χ0n) is 11.9. The molecule has 2 aromatic carbocycles. The lowest BCUT2D eigenvalue weighted by atomic mass is 10.1. The van der Waals surface area contributed by atoms with Crippen LogP contribution in [0, 0.1) is 0 Å². The molecule has 5 heteroatoms. The Morgan fingerprint density at radius 1 is 1.09 bits per heavy atom. The monoisotopic (exact) mass is 332 g/mol. The Kier molecular flexibility index (Phi) is 4.10. The lowest BCUT2D eigenvalue weighted by Crippen LogP contribution is -1.92. The van der Waals surface area contributed by atoms with Gasteiger partial charge in [0.2, 0.25) is 0 Å². The van der Waals surface area contributed by atoms with Crippen LogP contribution < -0.4 is 10.5 Å². The van der Waals surface area contributed by atoms with E-state index in [0.29, 0.717) is 27.2 Å². The van der Waals surface area contributed by atoms with Gasteiger partial charge in [0, 0.05) is 17.3 Å². The lowest BCUT2D eigenvalue weighted by molar-refractivity contribution is 0.484. The fourth-order valence-electron chi connectivity index (χ4n) is 2.35. The number of aryl methyl sites for hydroxylation is 1. The molecule has 0 saturated heterocycles. The minimum Gasteiger partial charge on any atom is -0.454 e. The molecule has 0 atom stereocenters. The zero-order chi connectivity index (χ0) is 15.7. The van der Waals surface area contributed by atoms with Crippen molar-refractivity contribution in [2.24, 2.45) is 0 Å². The Balaban J connectivity index is 2.05. The van der Waals surface area contributed by atoms with E-state index in [0.717, 1.165) is 17.3 Å². The Hall–Kier alpha value is -1.97. The third-order valence-corrected chi connectivity index (χ3v) is 3.99. The van der Waals surface area contributed by atoms with Crippen LogP contribution in [0.1, 0.15) is 12.5 Å². The SMILES string of the molecule is CCc1ccnc2ccc(Oc3c(Cl)cc(N)cc3Cl)cc12. The predicted octanol–water partition coefficient (Wildman–Crippen LogP) is 5.48. The van der Waals surface area contributed by atoms with Crippen molar-refractivity contribution in [3.05, 3.63) is 58.2 Å². The van der Waals surface area contributed by atoms with Crippen LogP contribution in [0.5, 0.6) is 11.5 Å². The largest absolute Gasteiger partial charge is 0.454 e. The number of fused-ring (bicyclic) bond motifs is 1. The Bertz CT molecular complexity index is 826. The van der Waals surface area contributed by atoms with Crippen molar-refractivity contribution in [1.82, 2.24) is 4.98 Å². The highest BCUT2D eigenvalue weighted by atomic mass is 35.5. The summed E-state index contributed by atoms with van der Waals surface area (Å²) in [7, 11) is 0. The fourth-order valence-corrected chi connectivity index (χ4v) is 2.93. The molecule has 0 unspecified atom stereocenters. The molecule has 2 N–H and O–H groups in total. The Morgan fingerprint density at radius 2 is 1.82 bits per heavy atom. The molecular formula is C17H14Cl2N2O. The predicted molar refractivity (Wildman–Crippen MR) is 92.1 cm³/mol. The number of ether oxygens (including phenoxy) is 1. The molecule has 3 nitrogen and oxygen atoms in total. The summed E-state index contributed by atoms with van der Waals surface area (Å²) in [5.41, 5.74) is 8.34. The van der Waals surface area contributed by atoms with E-state index in [1.807, 2.05) is 30.5 Å². The molecule has 22 heavy (non-hydrogen) atoms. The quantitative estimate of drug-likeness (QED) is 0.646. The third-order valence-electron chi connectivity index (χ3n) is 3.42. The van der Waals surface area contributed by atoms with Crippen molar-refractivity contribution in [2.75, 3.05) is 5.73 Å². The van der Waals surface area contributed by atoms with E-state index in [1.54, 1.807) is 12.1 Å². The molecule has 1 heterocycles. The summed E-state index contributed by atoms with van der Waals surface area (Å²) in [5, 5.41) is 1.82. The van der Waals surface area contributed by atoms with Crippen LogP contribution in [0.25, 0.3) is 10.9 Å². The average molecular weight is 333 g/mol. The maximum atomic E-state index is 6.16. The number of nitrogens with zero attached hydrogens (tertiary/aromatic N) is 1. The highest BCUT2D eigenvalue weighted by Crippen LogP contribution is 2.38. The summed E-state index contributed by atoms with van der Waals surface area (Å²) in [5.74, 6) is 1.06. The summed E-state index contributed by atoms with van der Waals surface area (Å²) in [4.78, 5) is 4.36. The van der Waals surface area contributed by atoms with Gasteiger partial charge in [-0.3, -0.25) is 4.98 Å². The first-order valence-electron chi connectivity index (χ1n) is 6.88. The van der Waals surface area contributed by atoms with Crippen molar-refractivity contribution in [1.29, 1.82) is 0 Å². The lowest BCUT2D eigenvalue weighted by Gasteiger charge is -2.12. The number of nitrogens with two attached hydrogens (primary N) is 1. The van der Waals surface area contributed by atoms with E-state index in [9.17, 15) is 0 Å². The van der Waals surface area contributed by atoms with Gasteiger partial charge in [-0.15, -0.1) is 0 Å². The van der Waals surface area contributed by atoms with Crippen molar-refractivity contribution in [2.45, 2.75) is 13.3 Å². The number of benzene rings is 2. The smallest absolute Gasteiger partial charge is 0.164 e. The highest BCUT2D eigenvalue weighted by Gasteiger charge is 2.11. The molecule has 0 aliphatic heterocycles. The first kappa shape index (κ1) is 14.9. The number of anilines is 1. The minimum atomic E-state index is 0.381.